The van der Waals surface area contributed by atoms with E-state index in [1.54, 1.807) is 18.5 Å². The van der Waals surface area contributed by atoms with Crippen LogP contribution in [0.15, 0.2) is 49.7 Å². The zero-order chi connectivity index (χ0) is 24.5. The van der Waals surface area contributed by atoms with Gasteiger partial charge in [0, 0.05) is 54.4 Å². The molecule has 0 unspecified atom stereocenters. The second-order valence-electron chi connectivity index (χ2n) is 7.86. The van der Waals surface area contributed by atoms with Crippen molar-refractivity contribution in [1.82, 2.24) is 29.3 Å². The van der Waals surface area contributed by atoms with Gasteiger partial charge in [-0.3, -0.25) is 9.67 Å². The molecular weight excluding hydrogens is 422 g/mol. The Morgan fingerprint density at radius 2 is 1.82 bits per heavy atom. The van der Waals surface area contributed by atoms with Gasteiger partial charge in [-0.2, -0.15) is 10.1 Å². The maximum atomic E-state index is 4.93. The van der Waals surface area contributed by atoms with Crippen molar-refractivity contribution in [2.45, 2.75) is 65.8 Å². The Kier molecular flexibility index (Phi) is 8.96. The molecule has 34 heavy (non-hydrogen) atoms. The molecule has 0 saturated heterocycles. The van der Waals surface area contributed by atoms with Crippen LogP contribution in [0.3, 0.4) is 0 Å². The third-order valence-electron chi connectivity index (χ3n) is 5.83. The largest absolute Gasteiger partial charge is 0.323 e. The van der Waals surface area contributed by atoms with Gasteiger partial charge < -0.3 is 9.88 Å². The maximum Gasteiger partial charge on any atom is 0.229 e. The molecule has 1 fully saturated rings. The van der Waals surface area contributed by atoms with E-state index in [2.05, 4.69) is 43.8 Å². The molecule has 0 radical (unpaired) electrons. The Morgan fingerprint density at radius 3 is 2.50 bits per heavy atom. The summed E-state index contributed by atoms with van der Waals surface area (Å²) in [6.07, 6.45) is 17.4. The number of anilines is 2. The van der Waals surface area contributed by atoms with Gasteiger partial charge in [0.2, 0.25) is 5.95 Å². The summed E-state index contributed by atoms with van der Waals surface area (Å²) in [6.45, 7) is 11.9. The lowest BCUT2D eigenvalue weighted by Gasteiger charge is -2.25. The van der Waals surface area contributed by atoms with Crippen LogP contribution in [0.5, 0.6) is 0 Å². The third-order valence-corrected chi connectivity index (χ3v) is 5.83. The fraction of sp³-hybridized carbons (Fsp3) is 0.407. The normalized spacial score (nSPS) is 13.4. The van der Waals surface area contributed by atoms with Crippen LogP contribution in [0.25, 0.3) is 28.4 Å². The second-order valence-corrected chi connectivity index (χ2v) is 7.86. The molecule has 0 spiro atoms. The molecule has 4 aromatic rings. The highest BCUT2D eigenvalue weighted by Gasteiger charge is 2.23. The van der Waals surface area contributed by atoms with Gasteiger partial charge in [-0.15, -0.1) is 0 Å². The number of aromatic nitrogens is 6. The third kappa shape index (κ3) is 5.35. The molecule has 0 bridgehead atoms. The van der Waals surface area contributed by atoms with E-state index < -0.39 is 0 Å². The highest BCUT2D eigenvalue weighted by molar-refractivity contribution is 5.85. The zero-order valence-corrected chi connectivity index (χ0v) is 21.1. The summed E-state index contributed by atoms with van der Waals surface area (Å²) in [5.41, 5.74) is 5.04. The van der Waals surface area contributed by atoms with Gasteiger partial charge in [-0.05, 0) is 25.0 Å². The van der Waals surface area contributed by atoms with Crippen LogP contribution in [0.1, 0.15) is 71.4 Å². The summed E-state index contributed by atoms with van der Waals surface area (Å²) in [5, 5.41) is 8.76. The van der Waals surface area contributed by atoms with Crippen molar-refractivity contribution in [2.24, 2.45) is 7.05 Å². The lowest BCUT2D eigenvalue weighted by molar-refractivity contribution is 0.362. The first-order valence-electron chi connectivity index (χ1n) is 12.4. The molecular formula is C27H37N7. The van der Waals surface area contributed by atoms with Crippen LogP contribution in [-0.2, 0) is 7.05 Å². The minimum absolute atomic E-state index is 0.443. The molecule has 7 heteroatoms. The Bertz CT molecular complexity index is 1200. The Balaban J connectivity index is 0.000000771. The number of aryl methyl sites for hydroxylation is 1. The number of fused-ring (bicyclic) bond motifs is 1. The summed E-state index contributed by atoms with van der Waals surface area (Å²) in [6, 6.07) is 4.54. The molecule has 7 nitrogen and oxygen atoms in total. The van der Waals surface area contributed by atoms with Crippen LogP contribution >= 0.6 is 0 Å². The van der Waals surface area contributed by atoms with Crippen molar-refractivity contribution in [3.8, 4) is 11.3 Å². The molecule has 1 aliphatic carbocycles. The zero-order valence-electron chi connectivity index (χ0n) is 21.1. The fourth-order valence-corrected chi connectivity index (χ4v) is 4.36. The monoisotopic (exact) mass is 459 g/mol. The van der Waals surface area contributed by atoms with E-state index in [9.17, 15) is 0 Å². The summed E-state index contributed by atoms with van der Waals surface area (Å²) in [5.74, 6) is 0.574. The molecule has 4 aromatic heterocycles. The topological polar surface area (TPSA) is 73.5 Å². The van der Waals surface area contributed by atoms with Gasteiger partial charge in [0.25, 0.3) is 0 Å². The fourth-order valence-electron chi connectivity index (χ4n) is 4.36. The first kappa shape index (κ1) is 25.1. The van der Waals surface area contributed by atoms with Crippen LogP contribution in [-0.4, -0.2) is 29.3 Å². The van der Waals surface area contributed by atoms with Crippen LogP contribution < -0.4 is 5.32 Å². The van der Waals surface area contributed by atoms with Gasteiger partial charge in [0.05, 0.1) is 17.6 Å². The average molecular weight is 460 g/mol. The first-order valence-corrected chi connectivity index (χ1v) is 12.4. The van der Waals surface area contributed by atoms with E-state index in [0.717, 1.165) is 33.5 Å². The molecule has 1 N–H and O–H groups in total. The first-order chi connectivity index (χ1) is 16.7. The molecule has 1 saturated carbocycles. The maximum absolute atomic E-state index is 4.93. The van der Waals surface area contributed by atoms with Gasteiger partial charge in [0.1, 0.15) is 5.65 Å². The predicted octanol–water partition coefficient (Wildman–Crippen LogP) is 7.17. The van der Waals surface area contributed by atoms with Crippen molar-refractivity contribution < 1.29 is 0 Å². The smallest absolute Gasteiger partial charge is 0.229 e. The van der Waals surface area contributed by atoms with Crippen LogP contribution in [0.2, 0.25) is 0 Å². The van der Waals surface area contributed by atoms with Crippen LogP contribution in [0.4, 0.5) is 11.6 Å². The number of hydrogen-bond donors (Lipinski definition) is 1. The predicted molar refractivity (Wildman–Crippen MR) is 142 cm³/mol. The molecule has 1 aliphatic rings. The minimum atomic E-state index is 0.443. The van der Waals surface area contributed by atoms with Crippen molar-refractivity contribution in [2.75, 3.05) is 5.32 Å². The van der Waals surface area contributed by atoms with Crippen LogP contribution in [0, 0.1) is 0 Å². The molecule has 4 heterocycles. The molecule has 0 atom stereocenters. The Morgan fingerprint density at radius 1 is 1.06 bits per heavy atom. The van der Waals surface area contributed by atoms with E-state index in [0.29, 0.717) is 12.0 Å². The Hall–Kier alpha value is -3.48. The summed E-state index contributed by atoms with van der Waals surface area (Å²) >= 11 is 0. The quantitative estimate of drug-likeness (QED) is 0.342. The second kappa shape index (κ2) is 12.1. The van der Waals surface area contributed by atoms with Crippen molar-refractivity contribution in [3.63, 3.8) is 0 Å². The molecule has 0 aromatic carbocycles. The molecule has 180 valence electrons. The standard InChI is InChI=1S/C23H25N7.2C2H6/c1-3-16-12-24-10-9-20(16)27-23-25-13-17-11-21(18-14-26-29(2)15-18)30(22(17)28-23)19-7-5-4-6-8-19;2*1-2/h3,9-15,19H,1,4-8H2,2H3,(H,24,25,27,28);2*1-2H3. The van der Waals surface area contributed by atoms with E-state index in [4.69, 9.17) is 4.98 Å². The number of pyridine rings is 1. The average Bonchev–Trinajstić information content (AvgIpc) is 3.50. The number of nitrogens with zero attached hydrogens (tertiary/aromatic N) is 6. The number of nitrogens with one attached hydrogen (secondary N) is 1. The van der Waals surface area contributed by atoms with Gasteiger partial charge in [0.15, 0.2) is 0 Å². The van der Waals surface area contributed by atoms with Gasteiger partial charge in [-0.1, -0.05) is 59.6 Å². The molecule has 0 amide bonds. The summed E-state index contributed by atoms with van der Waals surface area (Å²) < 4.78 is 4.25. The molecule has 5 rings (SSSR count). The lowest BCUT2D eigenvalue weighted by atomic mass is 9.95. The highest BCUT2D eigenvalue weighted by atomic mass is 15.2. The number of hydrogen-bond acceptors (Lipinski definition) is 5. The van der Waals surface area contributed by atoms with E-state index in [1.165, 1.54) is 32.1 Å². The summed E-state index contributed by atoms with van der Waals surface area (Å²) in [7, 11) is 1.95. The number of rotatable bonds is 5. The Labute approximate surface area is 203 Å². The molecule has 0 aliphatic heterocycles. The van der Waals surface area contributed by atoms with E-state index in [-0.39, 0.29) is 0 Å². The minimum Gasteiger partial charge on any atom is -0.323 e. The SMILES string of the molecule is C=Cc1cnccc1Nc1ncc2cc(-c3cnn(C)c3)n(C3CCCCC3)c2n1.CC.CC. The van der Waals surface area contributed by atoms with E-state index in [1.807, 2.05) is 57.9 Å². The highest BCUT2D eigenvalue weighted by Crippen LogP contribution is 2.37. The van der Waals surface area contributed by atoms with Gasteiger partial charge in [-0.25, -0.2) is 4.98 Å². The summed E-state index contributed by atoms with van der Waals surface area (Å²) in [4.78, 5) is 13.7. The van der Waals surface area contributed by atoms with E-state index >= 15 is 0 Å². The lowest BCUT2D eigenvalue weighted by Crippen LogP contribution is -2.14. The van der Waals surface area contributed by atoms with Crippen molar-refractivity contribution in [3.05, 3.63) is 55.3 Å². The van der Waals surface area contributed by atoms with Crippen molar-refractivity contribution in [1.29, 1.82) is 0 Å². The van der Waals surface area contributed by atoms with Gasteiger partial charge >= 0.3 is 0 Å². The van der Waals surface area contributed by atoms with Crippen molar-refractivity contribution >= 4 is 28.7 Å².